The molecule has 1 heterocycles. The van der Waals surface area contributed by atoms with Gasteiger partial charge in [0.15, 0.2) is 19.7 Å². The van der Waals surface area contributed by atoms with Crippen molar-refractivity contribution < 1.29 is 36.9 Å². The molecule has 11 rings (SSSR count). The van der Waals surface area contributed by atoms with E-state index in [9.17, 15) is 32.2 Å². The monoisotopic (exact) mass is 1100 g/mol. The lowest BCUT2D eigenvalue weighted by molar-refractivity contribution is -0.0460. The molecular weight excluding hydrogens is 997 g/mol. The van der Waals surface area contributed by atoms with E-state index in [4.69, 9.17) is 4.74 Å². The Morgan fingerprint density at radius 1 is 0.610 bits per heavy atom. The summed E-state index contributed by atoms with van der Waals surface area (Å²) in [6.07, 6.45) is 26.8. The molecule has 1 saturated heterocycles. The number of hydrogen-bond donors (Lipinski definition) is 3. The lowest BCUT2D eigenvalue weighted by Crippen LogP contribution is -2.48. The predicted molar refractivity (Wildman–Crippen MR) is 314 cm³/mol. The van der Waals surface area contributed by atoms with Crippen LogP contribution in [0.3, 0.4) is 0 Å². The number of ether oxygens (including phenoxy) is 1. The summed E-state index contributed by atoms with van der Waals surface area (Å²) in [6.45, 7) is 18.7. The molecule has 432 valence electrons. The van der Waals surface area contributed by atoms with E-state index in [1.54, 1.807) is 54.5 Å². The minimum Gasteiger partial charge on any atom is -0.393 e. The zero-order valence-electron chi connectivity index (χ0n) is 48.1. The Morgan fingerprint density at radius 2 is 1.05 bits per heavy atom. The van der Waals surface area contributed by atoms with Gasteiger partial charge < -0.3 is 20.1 Å². The van der Waals surface area contributed by atoms with Crippen LogP contribution >= 0.6 is 0 Å². The van der Waals surface area contributed by atoms with Crippen LogP contribution in [0.2, 0.25) is 0 Å². The summed E-state index contributed by atoms with van der Waals surface area (Å²) in [5.41, 5.74) is 2.76. The van der Waals surface area contributed by atoms with Gasteiger partial charge in [-0.3, -0.25) is 0 Å². The molecule has 0 spiro atoms. The fraction of sp³-hybridized carbons (Fsp3) is 0.761. The molecule has 2 aromatic rings. The van der Waals surface area contributed by atoms with Crippen LogP contribution in [0.4, 0.5) is 0 Å². The van der Waals surface area contributed by atoms with Crippen LogP contribution in [0.25, 0.3) is 0 Å². The largest absolute Gasteiger partial charge is 0.393 e. The molecule has 0 amide bonds. The molecule has 1 aliphatic heterocycles. The SMILES string of the molecule is C.CC[C@]1(O)CC[C@H]2C(=CC[C@@H]3[C@@H]2CC[C@]2(C)[C@@H]([C@H](C)CC(C[C@H](C)O)S(=O)(=O)c4ccccc4)CC[C@@H]32)C1.CC[C@]1(O)CC[C@H]2C(=CC[C@@H]3[C@@H]2CC[C@]2(C)[C@@H]([C@H](C)CCS(=O)(=O)c4ccccc4)CC[C@@H]32)C1.C[C@H]1CO1. The van der Waals surface area contributed by atoms with E-state index in [1.807, 2.05) is 24.3 Å². The van der Waals surface area contributed by atoms with Crippen molar-refractivity contribution in [1.82, 2.24) is 0 Å². The lowest BCUT2D eigenvalue weighted by atomic mass is 9.50. The van der Waals surface area contributed by atoms with Crippen molar-refractivity contribution in [2.45, 2.75) is 236 Å². The standard InChI is InChI=1S/C33H50O4S.C30H44O3S.C3H6O.CH4/c1-5-33(35)18-16-27-24(21-33)11-12-29-28(27)15-17-32(4)30(13-14-31(29)32)22(2)19-26(20-23(3)34)38(36,37)25-9-7-6-8-10-25;1-4-30(31)18-15-24-22(20-30)10-11-26-25(24)14-17-29(3)27(12-13-28(26)29)21(2)16-19-34(32,33)23-8-6-5-7-9-23;1-3-2-4-3;/h6-11,22-23,26-31,34-35H,5,12-21H2,1-4H3;5-10,21,24-28,31H,4,11-20H2,1-3H3;3H,2H2,1H3;1H4/t22-,23+,26?,27+,28-,29-,30-,31+,32-,33+;21-,24+,25-,26-,27-,28+,29-,30+;3-;/m110./s1. The first-order valence-electron chi connectivity index (χ1n) is 30.7. The van der Waals surface area contributed by atoms with Gasteiger partial charge in [-0.15, -0.1) is 0 Å². The number of epoxide rings is 1. The minimum absolute atomic E-state index is 0. The maximum Gasteiger partial charge on any atom is 0.181 e. The van der Waals surface area contributed by atoms with Gasteiger partial charge in [-0.25, -0.2) is 16.8 Å². The molecule has 77 heavy (non-hydrogen) atoms. The summed E-state index contributed by atoms with van der Waals surface area (Å²) in [4.78, 5) is 0.839. The van der Waals surface area contributed by atoms with Crippen LogP contribution in [0, 0.1) is 81.8 Å². The second-order valence-corrected chi connectivity index (χ2v) is 31.8. The van der Waals surface area contributed by atoms with E-state index in [0.717, 1.165) is 100 Å². The third-order valence-electron chi connectivity index (χ3n) is 23.2. The second kappa shape index (κ2) is 24.2. The number of sulfone groups is 2. The third kappa shape index (κ3) is 12.7. The molecule has 8 aliphatic carbocycles. The number of allylic oxidation sites excluding steroid dienone is 2. The Bertz CT molecular complexity index is 2560. The Morgan fingerprint density at radius 3 is 1.48 bits per heavy atom. The molecule has 7 fully saturated rings. The van der Waals surface area contributed by atoms with E-state index in [-0.39, 0.29) is 18.6 Å². The summed E-state index contributed by atoms with van der Waals surface area (Å²) in [5.74, 6) is 8.06. The first kappa shape index (κ1) is 60.7. The number of aliphatic hydroxyl groups excluding tert-OH is 1. The quantitative estimate of drug-likeness (QED) is 0.125. The summed E-state index contributed by atoms with van der Waals surface area (Å²) in [6, 6.07) is 17.8. The van der Waals surface area contributed by atoms with Gasteiger partial charge in [0.25, 0.3) is 0 Å². The van der Waals surface area contributed by atoms with Crippen LogP contribution in [-0.4, -0.2) is 73.2 Å². The summed E-state index contributed by atoms with van der Waals surface area (Å²) < 4.78 is 57.7. The van der Waals surface area contributed by atoms with Crippen LogP contribution in [0.1, 0.15) is 198 Å². The van der Waals surface area contributed by atoms with Gasteiger partial charge >= 0.3 is 0 Å². The van der Waals surface area contributed by atoms with E-state index in [1.165, 1.54) is 57.8 Å². The zero-order chi connectivity index (χ0) is 54.4. The number of aliphatic hydroxyl groups is 3. The summed E-state index contributed by atoms with van der Waals surface area (Å²) >= 11 is 0. The number of rotatable bonds is 14. The molecule has 6 saturated carbocycles. The van der Waals surface area contributed by atoms with Gasteiger partial charge in [0, 0.05) is 0 Å². The fourth-order valence-electron chi connectivity index (χ4n) is 18.8. The van der Waals surface area contributed by atoms with Gasteiger partial charge in [0.2, 0.25) is 0 Å². The van der Waals surface area contributed by atoms with Crippen molar-refractivity contribution in [2.75, 3.05) is 12.4 Å². The van der Waals surface area contributed by atoms with Crippen molar-refractivity contribution in [3.8, 4) is 0 Å². The number of benzene rings is 2. The molecule has 0 aromatic heterocycles. The Kier molecular flexibility index (Phi) is 19.1. The van der Waals surface area contributed by atoms with Crippen LogP contribution in [0.5, 0.6) is 0 Å². The van der Waals surface area contributed by atoms with Crippen molar-refractivity contribution in [1.29, 1.82) is 0 Å². The minimum atomic E-state index is -3.50. The topological polar surface area (TPSA) is 142 Å². The average molecular weight is 1100 g/mol. The highest BCUT2D eigenvalue weighted by Crippen LogP contribution is 2.67. The third-order valence-corrected chi connectivity index (χ3v) is 27.2. The molecule has 1 unspecified atom stereocenters. The smallest absolute Gasteiger partial charge is 0.181 e. The first-order chi connectivity index (χ1) is 36.0. The maximum atomic E-state index is 13.6. The normalized spacial score (nSPS) is 39.4. The molecule has 19 atom stereocenters. The molecule has 0 radical (unpaired) electrons. The van der Waals surface area contributed by atoms with Crippen LogP contribution in [-0.2, 0) is 24.4 Å². The lowest BCUT2D eigenvalue weighted by Gasteiger charge is -2.55. The highest BCUT2D eigenvalue weighted by Gasteiger charge is 2.59. The predicted octanol–water partition coefficient (Wildman–Crippen LogP) is 14.8. The van der Waals surface area contributed by atoms with Crippen molar-refractivity contribution in [2.24, 2.45) is 81.8 Å². The van der Waals surface area contributed by atoms with Gasteiger partial charge in [0.1, 0.15) is 0 Å². The van der Waals surface area contributed by atoms with E-state index in [2.05, 4.69) is 60.6 Å². The molecule has 2 aromatic carbocycles. The molecule has 9 aliphatic rings. The van der Waals surface area contributed by atoms with E-state index < -0.39 is 42.2 Å². The number of fused-ring (bicyclic) bond motifs is 10. The van der Waals surface area contributed by atoms with Crippen molar-refractivity contribution in [3.63, 3.8) is 0 Å². The van der Waals surface area contributed by atoms with Gasteiger partial charge in [-0.1, -0.05) is 109 Å². The highest BCUT2D eigenvalue weighted by molar-refractivity contribution is 7.92. The average Bonchev–Trinajstić information content (AvgIpc) is 4.04. The van der Waals surface area contributed by atoms with Gasteiger partial charge in [0.05, 0.1) is 50.8 Å². The number of hydrogen-bond acceptors (Lipinski definition) is 8. The fourth-order valence-corrected chi connectivity index (χ4v) is 22.3. The van der Waals surface area contributed by atoms with Crippen molar-refractivity contribution >= 4 is 19.7 Å². The Balaban J connectivity index is 0.000000188. The molecule has 3 N–H and O–H groups in total. The van der Waals surface area contributed by atoms with Crippen molar-refractivity contribution in [3.05, 3.63) is 84.0 Å². The Labute approximate surface area is 468 Å². The summed E-state index contributed by atoms with van der Waals surface area (Å²) in [7, 11) is -6.71. The van der Waals surface area contributed by atoms with E-state index >= 15 is 0 Å². The van der Waals surface area contributed by atoms with Gasteiger partial charge in [-0.05, 0) is 255 Å². The maximum absolute atomic E-state index is 13.6. The van der Waals surface area contributed by atoms with Gasteiger partial charge in [-0.2, -0.15) is 0 Å². The first-order valence-corrected chi connectivity index (χ1v) is 33.9. The molecular formula is C67H104O8S2. The zero-order valence-corrected chi connectivity index (χ0v) is 49.7. The molecule has 10 heteroatoms. The Hall–Kier alpha value is -2.34. The summed E-state index contributed by atoms with van der Waals surface area (Å²) in [5, 5.41) is 31.5. The highest BCUT2D eigenvalue weighted by atomic mass is 32.2. The second-order valence-electron chi connectivity index (χ2n) is 27.5. The molecule has 8 nitrogen and oxygen atoms in total. The van der Waals surface area contributed by atoms with Crippen LogP contribution in [0.15, 0.2) is 93.8 Å². The van der Waals surface area contributed by atoms with Crippen LogP contribution < -0.4 is 0 Å². The molecule has 0 bridgehead atoms. The van der Waals surface area contributed by atoms with E-state index in [0.29, 0.717) is 75.6 Å².